The lowest BCUT2D eigenvalue weighted by atomic mass is 10.0. The minimum Gasteiger partial charge on any atom is -0.399 e. The lowest BCUT2D eigenvalue weighted by molar-refractivity contribution is 0.264. The van der Waals surface area contributed by atoms with Gasteiger partial charge in [0, 0.05) is 23.5 Å². The summed E-state index contributed by atoms with van der Waals surface area (Å²) in [6.45, 7) is 2.95. The van der Waals surface area contributed by atoms with Crippen LogP contribution in [0.25, 0.3) is 11.1 Å². The molecule has 1 unspecified atom stereocenters. The van der Waals surface area contributed by atoms with Gasteiger partial charge in [0.15, 0.2) is 0 Å². The van der Waals surface area contributed by atoms with Gasteiger partial charge in [-0.1, -0.05) is 0 Å². The molecule has 0 radical (unpaired) electrons. The summed E-state index contributed by atoms with van der Waals surface area (Å²) >= 11 is 1.69. The summed E-state index contributed by atoms with van der Waals surface area (Å²) in [5.74, 6) is 0. The molecular formula is C15H22N4S. The number of hydrogen-bond acceptors (Lipinski definition) is 5. The second-order valence-electron chi connectivity index (χ2n) is 5.18. The minimum atomic E-state index is 0.320. The van der Waals surface area contributed by atoms with E-state index >= 15 is 0 Å². The molecule has 108 valence electrons. The topological polar surface area (TPSA) is 67.3 Å². The molecule has 4 nitrogen and oxygen atoms in total. The molecule has 0 aliphatic carbocycles. The third kappa shape index (κ3) is 3.30. The van der Waals surface area contributed by atoms with E-state index in [1.807, 2.05) is 18.2 Å². The van der Waals surface area contributed by atoms with Gasteiger partial charge in [-0.05, 0) is 61.1 Å². The maximum Gasteiger partial charge on any atom is 0.0565 e. The van der Waals surface area contributed by atoms with Crippen LogP contribution >= 0.6 is 11.3 Å². The lowest BCUT2D eigenvalue weighted by Crippen LogP contribution is -2.38. The van der Waals surface area contributed by atoms with E-state index in [0.29, 0.717) is 6.17 Å². The minimum absolute atomic E-state index is 0.320. The highest BCUT2D eigenvalue weighted by Crippen LogP contribution is 2.33. The van der Waals surface area contributed by atoms with Crippen LogP contribution in [0.4, 0.5) is 11.4 Å². The Morgan fingerprint density at radius 3 is 2.65 bits per heavy atom. The predicted molar refractivity (Wildman–Crippen MR) is 88.6 cm³/mol. The average Bonchev–Trinajstić information content (AvgIpc) is 2.86. The van der Waals surface area contributed by atoms with E-state index in [9.17, 15) is 0 Å². The van der Waals surface area contributed by atoms with Crippen molar-refractivity contribution in [2.24, 2.45) is 0 Å². The summed E-state index contributed by atoms with van der Waals surface area (Å²) in [5, 5.41) is 7.78. The van der Waals surface area contributed by atoms with E-state index in [-0.39, 0.29) is 0 Å². The van der Waals surface area contributed by atoms with Crippen LogP contribution in [-0.2, 0) is 6.54 Å². The van der Waals surface area contributed by atoms with E-state index in [1.165, 1.54) is 11.1 Å². The first kappa shape index (κ1) is 14.8. The first-order chi connectivity index (χ1) is 9.49. The van der Waals surface area contributed by atoms with Crippen LogP contribution in [0.15, 0.2) is 29.0 Å². The quantitative estimate of drug-likeness (QED) is 0.585. The molecule has 5 heteroatoms. The Labute approximate surface area is 124 Å². The molecule has 0 aliphatic rings. The highest BCUT2D eigenvalue weighted by Gasteiger charge is 2.11. The number of hydrogen-bond donors (Lipinski definition) is 3. The van der Waals surface area contributed by atoms with Gasteiger partial charge in [-0.3, -0.25) is 10.2 Å². The Kier molecular flexibility index (Phi) is 4.65. The molecule has 0 amide bonds. The maximum absolute atomic E-state index is 6.07. The molecule has 0 aliphatic heterocycles. The molecule has 0 fully saturated rings. The highest BCUT2D eigenvalue weighted by molar-refractivity contribution is 7.08. The van der Waals surface area contributed by atoms with Crippen LogP contribution in [0.3, 0.4) is 0 Å². The van der Waals surface area contributed by atoms with E-state index in [2.05, 4.69) is 42.0 Å². The van der Waals surface area contributed by atoms with Crippen LogP contribution in [0.5, 0.6) is 0 Å². The SMILES string of the molecule is CC(NCc1cscc1-c1cc(N)ccc1N)N(C)C. The molecule has 2 aromatic rings. The molecule has 1 atom stereocenters. The second-order valence-corrected chi connectivity index (χ2v) is 5.92. The summed E-state index contributed by atoms with van der Waals surface area (Å²) in [7, 11) is 4.12. The summed E-state index contributed by atoms with van der Waals surface area (Å²) in [4.78, 5) is 2.14. The van der Waals surface area contributed by atoms with Crippen LogP contribution in [0, 0.1) is 0 Å². The van der Waals surface area contributed by atoms with Gasteiger partial charge in [-0.25, -0.2) is 0 Å². The molecule has 1 heterocycles. The fourth-order valence-corrected chi connectivity index (χ4v) is 2.80. The van der Waals surface area contributed by atoms with Gasteiger partial charge in [0.05, 0.1) is 6.17 Å². The van der Waals surface area contributed by atoms with Crippen molar-refractivity contribution in [3.8, 4) is 11.1 Å². The molecule has 2 rings (SSSR count). The summed E-state index contributed by atoms with van der Waals surface area (Å²) in [6, 6.07) is 5.63. The molecule has 1 aromatic carbocycles. The Bertz CT molecular complexity index is 577. The van der Waals surface area contributed by atoms with Crippen molar-refractivity contribution in [3.05, 3.63) is 34.5 Å². The molecule has 5 N–H and O–H groups in total. The smallest absolute Gasteiger partial charge is 0.0565 e. The van der Waals surface area contributed by atoms with E-state index in [0.717, 1.165) is 23.5 Å². The first-order valence-corrected chi connectivity index (χ1v) is 7.53. The number of anilines is 2. The van der Waals surface area contributed by atoms with Crippen LogP contribution in [0.2, 0.25) is 0 Å². The zero-order valence-corrected chi connectivity index (χ0v) is 13.0. The van der Waals surface area contributed by atoms with Gasteiger partial charge in [-0.2, -0.15) is 11.3 Å². The largest absolute Gasteiger partial charge is 0.399 e. The van der Waals surface area contributed by atoms with Crippen molar-refractivity contribution in [2.75, 3.05) is 25.6 Å². The molecule has 0 saturated carbocycles. The summed E-state index contributed by atoms with van der Waals surface area (Å²) in [5.41, 5.74) is 16.9. The molecule has 0 saturated heterocycles. The fraction of sp³-hybridized carbons (Fsp3) is 0.333. The van der Waals surface area contributed by atoms with E-state index in [1.54, 1.807) is 11.3 Å². The number of nitrogens with two attached hydrogens (primary N) is 2. The van der Waals surface area contributed by atoms with Crippen LogP contribution < -0.4 is 16.8 Å². The molecule has 0 bridgehead atoms. The Morgan fingerprint density at radius 1 is 1.20 bits per heavy atom. The number of thiophene rings is 1. The number of benzene rings is 1. The third-order valence-corrected chi connectivity index (χ3v) is 4.26. The van der Waals surface area contributed by atoms with Gasteiger partial charge in [-0.15, -0.1) is 0 Å². The normalized spacial score (nSPS) is 12.8. The van der Waals surface area contributed by atoms with Crippen molar-refractivity contribution in [1.29, 1.82) is 0 Å². The zero-order chi connectivity index (χ0) is 14.7. The predicted octanol–water partition coefficient (Wildman–Crippen LogP) is 2.58. The molecule has 20 heavy (non-hydrogen) atoms. The molecule has 0 spiro atoms. The number of nitrogens with one attached hydrogen (secondary N) is 1. The standard InChI is InChI=1S/C15H22N4S/c1-10(19(2)3)18-7-11-8-20-9-14(11)13-6-12(16)4-5-15(13)17/h4-6,8-10,18H,7,16-17H2,1-3H3. The first-order valence-electron chi connectivity index (χ1n) is 6.59. The van der Waals surface area contributed by atoms with Gasteiger partial charge in [0.1, 0.15) is 0 Å². The van der Waals surface area contributed by atoms with Gasteiger partial charge in [0.2, 0.25) is 0 Å². The van der Waals surface area contributed by atoms with Crippen molar-refractivity contribution < 1.29 is 0 Å². The van der Waals surface area contributed by atoms with Gasteiger partial charge in [0.25, 0.3) is 0 Å². The second kappa shape index (κ2) is 6.26. The highest BCUT2D eigenvalue weighted by atomic mass is 32.1. The van der Waals surface area contributed by atoms with E-state index in [4.69, 9.17) is 11.5 Å². The van der Waals surface area contributed by atoms with Crippen LogP contribution in [-0.4, -0.2) is 25.2 Å². The van der Waals surface area contributed by atoms with Crippen molar-refractivity contribution >= 4 is 22.7 Å². The fourth-order valence-electron chi connectivity index (χ4n) is 1.94. The van der Waals surface area contributed by atoms with Gasteiger partial charge >= 0.3 is 0 Å². The maximum atomic E-state index is 6.07. The molecule has 1 aromatic heterocycles. The molecular weight excluding hydrogens is 268 g/mol. The van der Waals surface area contributed by atoms with Crippen molar-refractivity contribution in [2.45, 2.75) is 19.6 Å². The average molecular weight is 290 g/mol. The Morgan fingerprint density at radius 2 is 1.95 bits per heavy atom. The monoisotopic (exact) mass is 290 g/mol. The zero-order valence-electron chi connectivity index (χ0n) is 12.2. The van der Waals surface area contributed by atoms with Crippen molar-refractivity contribution in [1.82, 2.24) is 10.2 Å². The number of nitrogen functional groups attached to an aromatic ring is 2. The third-order valence-electron chi connectivity index (χ3n) is 3.47. The number of nitrogens with zero attached hydrogens (tertiary/aromatic N) is 1. The van der Waals surface area contributed by atoms with E-state index < -0.39 is 0 Å². The van der Waals surface area contributed by atoms with Crippen LogP contribution in [0.1, 0.15) is 12.5 Å². The van der Waals surface area contributed by atoms with Gasteiger partial charge < -0.3 is 11.5 Å². The summed E-state index contributed by atoms with van der Waals surface area (Å²) in [6.07, 6.45) is 0.320. The Balaban J connectivity index is 2.22. The summed E-state index contributed by atoms with van der Waals surface area (Å²) < 4.78 is 0. The number of rotatable bonds is 5. The van der Waals surface area contributed by atoms with Crippen molar-refractivity contribution in [3.63, 3.8) is 0 Å². The Hall–Kier alpha value is -1.56. The lowest BCUT2D eigenvalue weighted by Gasteiger charge is -2.21.